The van der Waals surface area contributed by atoms with Crippen molar-refractivity contribution in [1.82, 2.24) is 10.2 Å². The summed E-state index contributed by atoms with van der Waals surface area (Å²) in [5, 5.41) is 2.89. The van der Waals surface area contributed by atoms with Crippen molar-refractivity contribution >= 4 is 5.91 Å². The molecule has 0 unspecified atom stereocenters. The fraction of sp³-hybridized carbons (Fsp3) is 0.533. The van der Waals surface area contributed by atoms with Gasteiger partial charge in [0, 0.05) is 13.1 Å². The Morgan fingerprint density at radius 2 is 1.89 bits per heavy atom. The first-order chi connectivity index (χ1) is 8.99. The highest BCUT2D eigenvalue weighted by Gasteiger charge is 2.06. The van der Waals surface area contributed by atoms with Crippen LogP contribution in [0.4, 0.5) is 0 Å². The average molecular weight is 264 g/mol. The molecule has 1 aromatic rings. The van der Waals surface area contributed by atoms with E-state index in [4.69, 9.17) is 4.74 Å². The summed E-state index contributed by atoms with van der Waals surface area (Å²) in [7, 11) is 4.07. The molecule has 4 nitrogen and oxygen atoms in total. The van der Waals surface area contributed by atoms with Gasteiger partial charge in [0.15, 0.2) is 0 Å². The number of amides is 1. The molecule has 19 heavy (non-hydrogen) atoms. The fourth-order valence-electron chi connectivity index (χ4n) is 1.71. The number of benzene rings is 1. The number of rotatable bonds is 7. The molecule has 0 saturated heterocycles. The summed E-state index contributed by atoms with van der Waals surface area (Å²) in [5.41, 5.74) is 2.38. The second-order valence-corrected chi connectivity index (χ2v) is 5.14. The van der Waals surface area contributed by atoms with Gasteiger partial charge >= 0.3 is 0 Å². The summed E-state index contributed by atoms with van der Waals surface area (Å²) < 4.78 is 5.27. The van der Waals surface area contributed by atoms with E-state index in [9.17, 15) is 4.79 Å². The van der Waals surface area contributed by atoms with Crippen LogP contribution in [0, 0.1) is 0 Å². The van der Waals surface area contributed by atoms with E-state index in [0.29, 0.717) is 6.54 Å². The number of hydrogen-bond acceptors (Lipinski definition) is 3. The van der Waals surface area contributed by atoms with Crippen LogP contribution in [0.3, 0.4) is 0 Å². The molecule has 0 saturated carbocycles. The maximum atomic E-state index is 11.6. The molecule has 0 aromatic heterocycles. The normalized spacial score (nSPS) is 11.1. The summed E-state index contributed by atoms with van der Waals surface area (Å²) in [6.45, 7) is 5.37. The van der Waals surface area contributed by atoms with Crippen LogP contribution in [0.2, 0.25) is 0 Å². The van der Waals surface area contributed by atoms with E-state index in [-0.39, 0.29) is 18.6 Å². The number of ether oxygens (including phenoxy) is 1. The second kappa shape index (κ2) is 7.92. The second-order valence-electron chi connectivity index (χ2n) is 5.14. The molecule has 0 spiro atoms. The Balaban J connectivity index is 2.50. The van der Waals surface area contributed by atoms with Gasteiger partial charge in [-0.25, -0.2) is 0 Å². The first-order valence-corrected chi connectivity index (χ1v) is 6.59. The number of nitrogens with one attached hydrogen (secondary N) is 1. The Labute approximate surface area is 115 Å². The molecule has 1 N–H and O–H groups in total. The van der Waals surface area contributed by atoms with Gasteiger partial charge in [-0.3, -0.25) is 4.79 Å². The molecule has 0 fully saturated rings. The van der Waals surface area contributed by atoms with Crippen molar-refractivity contribution in [2.45, 2.75) is 33.0 Å². The molecule has 106 valence electrons. The minimum atomic E-state index is -0.0756. The van der Waals surface area contributed by atoms with E-state index >= 15 is 0 Å². The van der Waals surface area contributed by atoms with Crippen LogP contribution in [0.15, 0.2) is 24.3 Å². The summed E-state index contributed by atoms with van der Waals surface area (Å²) in [6.07, 6.45) is 0.0757. The molecule has 0 aliphatic heterocycles. The van der Waals surface area contributed by atoms with Crippen molar-refractivity contribution in [1.29, 1.82) is 0 Å². The van der Waals surface area contributed by atoms with Gasteiger partial charge in [0.2, 0.25) is 5.91 Å². The standard InChI is InChI=1S/C15H24N2O2/c1-12(2)19-11-15(18)16-9-13-7-5-6-8-14(13)10-17(3)4/h5-8,12H,9-11H2,1-4H3,(H,16,18). The van der Waals surface area contributed by atoms with Gasteiger partial charge in [0.1, 0.15) is 6.61 Å². The molecular formula is C15H24N2O2. The number of carbonyl (C=O) groups excluding carboxylic acids is 1. The predicted molar refractivity (Wildman–Crippen MR) is 76.8 cm³/mol. The molecule has 4 heteroatoms. The fourth-order valence-corrected chi connectivity index (χ4v) is 1.71. The third-order valence-electron chi connectivity index (χ3n) is 2.63. The van der Waals surface area contributed by atoms with Gasteiger partial charge in [0.25, 0.3) is 0 Å². The third kappa shape index (κ3) is 6.36. The minimum Gasteiger partial charge on any atom is -0.369 e. The van der Waals surface area contributed by atoms with Crippen LogP contribution in [-0.4, -0.2) is 37.6 Å². The third-order valence-corrected chi connectivity index (χ3v) is 2.63. The highest BCUT2D eigenvalue weighted by Crippen LogP contribution is 2.10. The Kier molecular flexibility index (Phi) is 6.53. The SMILES string of the molecule is CC(C)OCC(=O)NCc1ccccc1CN(C)C. The summed E-state index contributed by atoms with van der Waals surface area (Å²) in [6, 6.07) is 8.14. The lowest BCUT2D eigenvalue weighted by Gasteiger charge is -2.15. The van der Waals surface area contributed by atoms with Crippen molar-refractivity contribution < 1.29 is 9.53 Å². The van der Waals surface area contributed by atoms with E-state index in [0.717, 1.165) is 12.1 Å². The van der Waals surface area contributed by atoms with Crippen molar-refractivity contribution in [3.8, 4) is 0 Å². The molecule has 1 amide bonds. The highest BCUT2D eigenvalue weighted by atomic mass is 16.5. The van der Waals surface area contributed by atoms with Gasteiger partial charge < -0.3 is 15.0 Å². The quantitative estimate of drug-likeness (QED) is 0.816. The molecule has 1 rings (SSSR count). The minimum absolute atomic E-state index is 0.0756. The van der Waals surface area contributed by atoms with E-state index in [1.807, 2.05) is 46.1 Å². The van der Waals surface area contributed by atoms with E-state index < -0.39 is 0 Å². The molecule has 0 bridgehead atoms. The lowest BCUT2D eigenvalue weighted by atomic mass is 10.1. The first kappa shape index (κ1) is 15.7. The topological polar surface area (TPSA) is 41.6 Å². The van der Waals surface area contributed by atoms with Gasteiger partial charge in [0.05, 0.1) is 6.10 Å². The maximum absolute atomic E-state index is 11.6. The summed E-state index contributed by atoms with van der Waals surface area (Å²) in [4.78, 5) is 13.7. The highest BCUT2D eigenvalue weighted by molar-refractivity contribution is 5.77. The van der Waals surface area contributed by atoms with Crippen molar-refractivity contribution in [2.75, 3.05) is 20.7 Å². The monoisotopic (exact) mass is 264 g/mol. The Morgan fingerprint density at radius 3 is 2.47 bits per heavy atom. The molecule has 0 heterocycles. The smallest absolute Gasteiger partial charge is 0.246 e. The van der Waals surface area contributed by atoms with Crippen LogP contribution in [0.5, 0.6) is 0 Å². The Bertz CT molecular complexity index is 403. The number of nitrogens with zero attached hydrogens (tertiary/aromatic N) is 1. The maximum Gasteiger partial charge on any atom is 0.246 e. The largest absolute Gasteiger partial charge is 0.369 e. The Morgan fingerprint density at radius 1 is 1.26 bits per heavy atom. The zero-order valence-electron chi connectivity index (χ0n) is 12.3. The van der Waals surface area contributed by atoms with Crippen LogP contribution >= 0.6 is 0 Å². The van der Waals surface area contributed by atoms with Gasteiger partial charge in [-0.1, -0.05) is 24.3 Å². The first-order valence-electron chi connectivity index (χ1n) is 6.59. The molecule has 0 aliphatic rings. The Hall–Kier alpha value is -1.39. The lowest BCUT2D eigenvalue weighted by Crippen LogP contribution is -2.29. The van der Waals surface area contributed by atoms with Crippen molar-refractivity contribution in [2.24, 2.45) is 0 Å². The van der Waals surface area contributed by atoms with E-state index in [1.165, 1.54) is 5.56 Å². The van der Waals surface area contributed by atoms with Gasteiger partial charge in [-0.2, -0.15) is 0 Å². The van der Waals surface area contributed by atoms with Crippen LogP contribution in [0.1, 0.15) is 25.0 Å². The zero-order chi connectivity index (χ0) is 14.3. The van der Waals surface area contributed by atoms with Crippen LogP contribution < -0.4 is 5.32 Å². The number of carbonyl (C=O) groups is 1. The molecule has 0 atom stereocenters. The van der Waals surface area contributed by atoms with Gasteiger partial charge in [-0.05, 0) is 39.1 Å². The molecule has 0 aliphatic carbocycles. The van der Waals surface area contributed by atoms with E-state index in [2.05, 4.69) is 16.3 Å². The van der Waals surface area contributed by atoms with Crippen molar-refractivity contribution in [3.05, 3.63) is 35.4 Å². The average Bonchev–Trinajstić information content (AvgIpc) is 2.34. The van der Waals surface area contributed by atoms with Crippen molar-refractivity contribution in [3.63, 3.8) is 0 Å². The van der Waals surface area contributed by atoms with Crippen LogP contribution in [-0.2, 0) is 22.6 Å². The van der Waals surface area contributed by atoms with Crippen LogP contribution in [0.25, 0.3) is 0 Å². The zero-order valence-corrected chi connectivity index (χ0v) is 12.3. The number of hydrogen-bond donors (Lipinski definition) is 1. The van der Waals surface area contributed by atoms with Gasteiger partial charge in [-0.15, -0.1) is 0 Å². The lowest BCUT2D eigenvalue weighted by molar-refractivity contribution is -0.127. The molecule has 1 aromatic carbocycles. The van der Waals surface area contributed by atoms with E-state index in [1.54, 1.807) is 0 Å². The summed E-state index contributed by atoms with van der Waals surface area (Å²) >= 11 is 0. The molecule has 0 radical (unpaired) electrons. The molecular weight excluding hydrogens is 240 g/mol. The summed E-state index contributed by atoms with van der Waals surface area (Å²) in [5.74, 6) is -0.0756. The predicted octanol–water partition coefficient (Wildman–Crippen LogP) is 1.79.